The lowest BCUT2D eigenvalue weighted by Gasteiger charge is -2.13. The zero-order valence-corrected chi connectivity index (χ0v) is 12.8. The maximum atomic E-state index is 13.2. The molecule has 1 heterocycles. The van der Waals surface area contributed by atoms with E-state index in [1.807, 2.05) is 0 Å². The summed E-state index contributed by atoms with van der Waals surface area (Å²) in [5.41, 5.74) is 0.664. The van der Waals surface area contributed by atoms with Crippen LogP contribution in [0, 0.1) is 11.6 Å². The Morgan fingerprint density at radius 2 is 1.96 bits per heavy atom. The van der Waals surface area contributed by atoms with Crippen LogP contribution in [0.1, 0.15) is 20.7 Å². The molecule has 24 heavy (non-hydrogen) atoms. The number of likely N-dealkylation sites (N-methyl/N-ethyl adjacent to an activating group) is 1. The standard InChI is InChI=1S/C17H14F2N2O3/c1-21-6-7-24-15-5-3-11(9-12(15)17(21)23)20-16(22)10-2-4-13(18)14(19)8-10/h2-5,8-9H,6-7H2,1H3,(H,20,22). The maximum Gasteiger partial charge on any atom is 0.257 e. The summed E-state index contributed by atoms with van der Waals surface area (Å²) in [5.74, 6) is -2.51. The molecule has 0 fully saturated rings. The Hall–Kier alpha value is -2.96. The van der Waals surface area contributed by atoms with Crippen LogP contribution in [-0.2, 0) is 0 Å². The number of fused-ring (bicyclic) bond motifs is 1. The molecule has 0 saturated carbocycles. The zero-order chi connectivity index (χ0) is 17.3. The van der Waals surface area contributed by atoms with E-state index in [0.717, 1.165) is 12.1 Å². The highest BCUT2D eigenvalue weighted by Gasteiger charge is 2.21. The van der Waals surface area contributed by atoms with Crippen LogP contribution in [0.25, 0.3) is 0 Å². The summed E-state index contributed by atoms with van der Waals surface area (Å²) >= 11 is 0. The molecule has 2 aromatic carbocycles. The Kier molecular flexibility index (Phi) is 4.16. The van der Waals surface area contributed by atoms with E-state index in [0.29, 0.717) is 30.2 Å². The van der Waals surface area contributed by atoms with Gasteiger partial charge in [-0.15, -0.1) is 0 Å². The number of carbonyl (C=O) groups is 2. The summed E-state index contributed by atoms with van der Waals surface area (Å²) in [5, 5.41) is 2.56. The largest absolute Gasteiger partial charge is 0.491 e. The SMILES string of the molecule is CN1CCOc2ccc(NC(=O)c3ccc(F)c(F)c3)cc2C1=O. The maximum absolute atomic E-state index is 13.2. The molecule has 1 N–H and O–H groups in total. The Morgan fingerprint density at radius 1 is 1.17 bits per heavy atom. The lowest BCUT2D eigenvalue weighted by molar-refractivity contribution is 0.0796. The number of ether oxygens (including phenoxy) is 1. The summed E-state index contributed by atoms with van der Waals surface area (Å²) in [6, 6.07) is 7.54. The Bertz CT molecular complexity index is 823. The molecule has 0 bridgehead atoms. The van der Waals surface area contributed by atoms with Gasteiger partial charge in [0.25, 0.3) is 11.8 Å². The first-order chi connectivity index (χ1) is 11.5. The number of halogens is 2. The van der Waals surface area contributed by atoms with Gasteiger partial charge in [-0.3, -0.25) is 9.59 Å². The van der Waals surface area contributed by atoms with Crippen LogP contribution >= 0.6 is 0 Å². The van der Waals surface area contributed by atoms with Crippen LogP contribution in [0.15, 0.2) is 36.4 Å². The zero-order valence-electron chi connectivity index (χ0n) is 12.8. The molecule has 2 aromatic rings. The molecule has 0 spiro atoms. The van der Waals surface area contributed by atoms with Gasteiger partial charge >= 0.3 is 0 Å². The van der Waals surface area contributed by atoms with Crippen molar-refractivity contribution in [2.24, 2.45) is 0 Å². The summed E-state index contributed by atoms with van der Waals surface area (Å²) < 4.78 is 31.7. The lowest BCUT2D eigenvalue weighted by Crippen LogP contribution is -2.27. The number of nitrogens with one attached hydrogen (secondary N) is 1. The van der Waals surface area contributed by atoms with Gasteiger partial charge in [-0.25, -0.2) is 8.78 Å². The predicted molar refractivity (Wildman–Crippen MR) is 83.2 cm³/mol. The normalized spacial score (nSPS) is 13.8. The average molecular weight is 332 g/mol. The van der Waals surface area contributed by atoms with Gasteiger partial charge < -0.3 is 15.0 Å². The van der Waals surface area contributed by atoms with E-state index in [4.69, 9.17) is 4.74 Å². The summed E-state index contributed by atoms with van der Waals surface area (Å²) in [6.07, 6.45) is 0. The van der Waals surface area contributed by atoms with Crippen molar-refractivity contribution in [1.82, 2.24) is 4.90 Å². The smallest absolute Gasteiger partial charge is 0.257 e. The average Bonchev–Trinajstić information content (AvgIpc) is 2.70. The first-order valence-corrected chi connectivity index (χ1v) is 7.24. The van der Waals surface area contributed by atoms with Crippen molar-refractivity contribution in [3.05, 3.63) is 59.2 Å². The molecule has 2 amide bonds. The van der Waals surface area contributed by atoms with Gasteiger partial charge in [0, 0.05) is 18.3 Å². The van der Waals surface area contributed by atoms with Crippen molar-refractivity contribution >= 4 is 17.5 Å². The molecule has 1 aliphatic heterocycles. The molecule has 0 atom stereocenters. The molecular formula is C17H14F2N2O3. The number of amides is 2. The van der Waals surface area contributed by atoms with E-state index in [2.05, 4.69) is 5.32 Å². The van der Waals surface area contributed by atoms with Crippen molar-refractivity contribution < 1.29 is 23.1 Å². The van der Waals surface area contributed by atoms with E-state index in [-0.39, 0.29) is 11.5 Å². The van der Waals surface area contributed by atoms with E-state index in [1.54, 1.807) is 19.2 Å². The predicted octanol–water partition coefficient (Wildman–Crippen LogP) is 2.68. The highest BCUT2D eigenvalue weighted by Crippen LogP contribution is 2.26. The first-order valence-electron chi connectivity index (χ1n) is 7.24. The highest BCUT2D eigenvalue weighted by molar-refractivity contribution is 6.05. The van der Waals surface area contributed by atoms with E-state index in [1.165, 1.54) is 17.0 Å². The molecule has 0 unspecified atom stereocenters. The third-order valence-electron chi connectivity index (χ3n) is 3.68. The summed E-state index contributed by atoms with van der Waals surface area (Å²) in [7, 11) is 1.66. The van der Waals surface area contributed by atoms with E-state index < -0.39 is 17.5 Å². The van der Waals surface area contributed by atoms with Crippen molar-refractivity contribution in [1.29, 1.82) is 0 Å². The van der Waals surface area contributed by atoms with Crippen LogP contribution in [0.2, 0.25) is 0 Å². The highest BCUT2D eigenvalue weighted by atomic mass is 19.2. The fourth-order valence-corrected chi connectivity index (χ4v) is 2.34. The van der Waals surface area contributed by atoms with Crippen LogP contribution < -0.4 is 10.1 Å². The van der Waals surface area contributed by atoms with Crippen LogP contribution in [-0.4, -0.2) is 36.9 Å². The molecular weight excluding hydrogens is 318 g/mol. The molecule has 5 nitrogen and oxygen atoms in total. The number of hydrogen-bond acceptors (Lipinski definition) is 3. The minimum absolute atomic E-state index is 0.0245. The molecule has 0 radical (unpaired) electrons. The lowest BCUT2D eigenvalue weighted by atomic mass is 10.1. The first kappa shape index (κ1) is 15.9. The Balaban J connectivity index is 1.85. The van der Waals surface area contributed by atoms with Gasteiger partial charge in [0.05, 0.1) is 12.1 Å². The van der Waals surface area contributed by atoms with Gasteiger partial charge in [0.15, 0.2) is 11.6 Å². The third-order valence-corrected chi connectivity index (χ3v) is 3.68. The molecule has 7 heteroatoms. The number of rotatable bonds is 2. The van der Waals surface area contributed by atoms with Gasteiger partial charge in [-0.1, -0.05) is 0 Å². The van der Waals surface area contributed by atoms with Gasteiger partial charge in [0.2, 0.25) is 0 Å². The molecule has 124 valence electrons. The summed E-state index contributed by atoms with van der Waals surface area (Å²) in [4.78, 5) is 25.9. The number of carbonyl (C=O) groups excluding carboxylic acids is 2. The fourth-order valence-electron chi connectivity index (χ4n) is 2.34. The minimum atomic E-state index is -1.10. The molecule has 3 rings (SSSR count). The third kappa shape index (κ3) is 3.05. The van der Waals surface area contributed by atoms with Crippen molar-refractivity contribution in [2.45, 2.75) is 0 Å². The molecule has 1 aliphatic rings. The van der Waals surface area contributed by atoms with Crippen LogP contribution in [0.3, 0.4) is 0 Å². The van der Waals surface area contributed by atoms with Crippen LogP contribution in [0.4, 0.5) is 14.5 Å². The number of nitrogens with zero attached hydrogens (tertiary/aromatic N) is 1. The minimum Gasteiger partial charge on any atom is -0.491 e. The van der Waals surface area contributed by atoms with Crippen LogP contribution in [0.5, 0.6) is 5.75 Å². The second-order valence-electron chi connectivity index (χ2n) is 5.37. The monoisotopic (exact) mass is 332 g/mol. The van der Waals surface area contributed by atoms with Crippen molar-refractivity contribution in [3.8, 4) is 5.75 Å². The second-order valence-corrected chi connectivity index (χ2v) is 5.37. The fraction of sp³-hybridized carbons (Fsp3) is 0.176. The quantitative estimate of drug-likeness (QED) is 0.920. The molecule has 0 aromatic heterocycles. The number of anilines is 1. The number of hydrogen-bond donors (Lipinski definition) is 1. The Labute approximate surface area is 136 Å². The second kappa shape index (κ2) is 6.27. The Morgan fingerprint density at radius 3 is 2.71 bits per heavy atom. The van der Waals surface area contributed by atoms with E-state index >= 15 is 0 Å². The summed E-state index contributed by atoms with van der Waals surface area (Å²) in [6.45, 7) is 0.847. The topological polar surface area (TPSA) is 58.6 Å². The van der Waals surface area contributed by atoms with Gasteiger partial charge in [-0.2, -0.15) is 0 Å². The van der Waals surface area contributed by atoms with Crippen molar-refractivity contribution in [3.63, 3.8) is 0 Å². The van der Waals surface area contributed by atoms with Gasteiger partial charge in [0.1, 0.15) is 12.4 Å². The van der Waals surface area contributed by atoms with Crippen molar-refractivity contribution in [2.75, 3.05) is 25.5 Å². The van der Waals surface area contributed by atoms with Gasteiger partial charge in [-0.05, 0) is 36.4 Å². The number of benzene rings is 2. The molecule has 0 saturated heterocycles. The molecule has 0 aliphatic carbocycles. The van der Waals surface area contributed by atoms with E-state index in [9.17, 15) is 18.4 Å².